The number of benzene rings is 1. The van der Waals surface area contributed by atoms with Crippen molar-refractivity contribution in [3.8, 4) is 11.8 Å². The summed E-state index contributed by atoms with van der Waals surface area (Å²) < 4.78 is 18.8. The molecule has 1 aromatic heterocycles. The highest BCUT2D eigenvalue weighted by Gasteiger charge is 2.27. The molecule has 2 aromatic rings. The normalized spacial score (nSPS) is 18.2. The third-order valence-corrected chi connectivity index (χ3v) is 4.94. The Morgan fingerprint density at radius 1 is 1.38 bits per heavy atom. The lowest BCUT2D eigenvalue weighted by Gasteiger charge is -2.17. The highest BCUT2D eigenvalue weighted by Crippen LogP contribution is 2.30. The summed E-state index contributed by atoms with van der Waals surface area (Å²) in [5.41, 5.74) is 1.39. The van der Waals surface area contributed by atoms with Crippen molar-refractivity contribution in [1.82, 2.24) is 14.9 Å². The minimum Gasteiger partial charge on any atom is -0.495 e. The molecule has 2 fully saturated rings. The summed E-state index contributed by atoms with van der Waals surface area (Å²) in [4.78, 5) is 22.7. The van der Waals surface area contributed by atoms with Crippen LogP contribution >= 0.6 is 0 Å². The van der Waals surface area contributed by atoms with Crippen molar-refractivity contribution in [3.05, 3.63) is 35.5 Å². The van der Waals surface area contributed by atoms with Crippen molar-refractivity contribution >= 4 is 23.4 Å². The van der Waals surface area contributed by atoms with E-state index in [4.69, 9.17) is 4.74 Å². The Hall–Kier alpha value is -3.41. The number of ether oxygens (including phenoxy) is 1. The van der Waals surface area contributed by atoms with Crippen LogP contribution < -0.4 is 15.4 Å². The number of nitriles is 1. The van der Waals surface area contributed by atoms with E-state index in [9.17, 15) is 14.4 Å². The van der Waals surface area contributed by atoms with Crippen molar-refractivity contribution in [2.45, 2.75) is 31.5 Å². The van der Waals surface area contributed by atoms with Crippen LogP contribution in [0.3, 0.4) is 0 Å². The number of methoxy groups -OCH3 is 1. The predicted molar refractivity (Wildman–Crippen MR) is 105 cm³/mol. The van der Waals surface area contributed by atoms with E-state index in [0.29, 0.717) is 53.3 Å². The lowest BCUT2D eigenvalue weighted by molar-refractivity contribution is 0.0782. The van der Waals surface area contributed by atoms with Gasteiger partial charge in [-0.25, -0.2) is 9.37 Å². The molecule has 0 spiro atoms. The molecule has 2 aliphatic rings. The Labute approximate surface area is 167 Å². The van der Waals surface area contributed by atoms with Gasteiger partial charge in [0.05, 0.1) is 25.5 Å². The van der Waals surface area contributed by atoms with Gasteiger partial charge in [0.15, 0.2) is 0 Å². The van der Waals surface area contributed by atoms with Crippen LogP contribution in [-0.2, 0) is 0 Å². The number of hydrogen-bond acceptors (Lipinski definition) is 7. The van der Waals surface area contributed by atoms with Gasteiger partial charge in [0.2, 0.25) is 5.95 Å². The van der Waals surface area contributed by atoms with Gasteiger partial charge < -0.3 is 20.3 Å². The van der Waals surface area contributed by atoms with Gasteiger partial charge >= 0.3 is 0 Å². The number of halogens is 1. The summed E-state index contributed by atoms with van der Waals surface area (Å²) in [6.07, 6.45) is 2.98. The molecule has 8 nitrogen and oxygen atoms in total. The fourth-order valence-corrected chi connectivity index (χ4v) is 3.19. The average molecular weight is 396 g/mol. The van der Waals surface area contributed by atoms with Crippen molar-refractivity contribution in [2.24, 2.45) is 0 Å². The molecular weight excluding hydrogens is 375 g/mol. The largest absolute Gasteiger partial charge is 0.495 e. The molecule has 0 radical (unpaired) electrons. The van der Waals surface area contributed by atoms with Crippen LogP contribution in [0.1, 0.15) is 35.2 Å². The molecule has 1 aliphatic carbocycles. The first kappa shape index (κ1) is 18.9. The third-order valence-electron chi connectivity index (χ3n) is 4.94. The van der Waals surface area contributed by atoms with E-state index < -0.39 is 6.17 Å². The van der Waals surface area contributed by atoms with E-state index in [-0.39, 0.29) is 12.5 Å². The fraction of sp³-hybridized carbons (Fsp3) is 0.400. The SMILES string of the molecule is COc1cc(C(=O)N2CC[C@H](F)C2)ccc1Nc1ncc(C#N)c(NC2CC2)n1. The fourth-order valence-electron chi connectivity index (χ4n) is 3.19. The molecule has 1 aromatic carbocycles. The molecule has 1 saturated carbocycles. The molecular formula is C20H21FN6O2. The number of nitrogens with zero attached hydrogens (tertiary/aromatic N) is 4. The van der Waals surface area contributed by atoms with Gasteiger partial charge in [-0.05, 0) is 37.5 Å². The zero-order chi connectivity index (χ0) is 20.4. The summed E-state index contributed by atoms with van der Waals surface area (Å²) in [5, 5.41) is 15.5. The van der Waals surface area contributed by atoms with E-state index in [1.807, 2.05) is 0 Å². The predicted octanol–water partition coefficient (Wildman–Crippen LogP) is 2.86. The molecule has 150 valence electrons. The van der Waals surface area contributed by atoms with Gasteiger partial charge in [-0.1, -0.05) is 0 Å². The van der Waals surface area contributed by atoms with Crippen LogP contribution in [0.25, 0.3) is 0 Å². The second-order valence-corrected chi connectivity index (χ2v) is 7.16. The first-order chi connectivity index (χ1) is 14.1. The Balaban J connectivity index is 1.54. The molecule has 9 heteroatoms. The van der Waals surface area contributed by atoms with Gasteiger partial charge in [-0.15, -0.1) is 0 Å². The topological polar surface area (TPSA) is 103 Å². The Kier molecular flexibility index (Phi) is 5.16. The molecule has 1 amide bonds. The standard InChI is InChI=1S/C20H21FN6O2/c1-29-17-8-12(19(28)27-7-6-14(21)11-27)2-5-16(17)25-20-23-10-13(9-22)18(26-20)24-15-3-4-15/h2,5,8,10,14-15H,3-4,6-7,11H2,1H3,(H2,23,24,25,26)/t14-/m0/s1. The van der Waals surface area contributed by atoms with Gasteiger partial charge in [0.1, 0.15) is 29.4 Å². The van der Waals surface area contributed by atoms with Crippen LogP contribution in [0.2, 0.25) is 0 Å². The van der Waals surface area contributed by atoms with Crippen LogP contribution in [0.4, 0.5) is 21.8 Å². The first-order valence-corrected chi connectivity index (χ1v) is 9.49. The number of carbonyl (C=O) groups excluding carboxylic acids is 1. The minimum atomic E-state index is -0.964. The smallest absolute Gasteiger partial charge is 0.254 e. The second-order valence-electron chi connectivity index (χ2n) is 7.16. The van der Waals surface area contributed by atoms with Gasteiger partial charge in [-0.2, -0.15) is 10.2 Å². The monoisotopic (exact) mass is 396 g/mol. The number of nitrogens with one attached hydrogen (secondary N) is 2. The van der Waals surface area contributed by atoms with Gasteiger partial charge in [0, 0.05) is 18.2 Å². The second kappa shape index (κ2) is 7.91. The average Bonchev–Trinajstić information content (AvgIpc) is 3.45. The maximum absolute atomic E-state index is 13.4. The lowest BCUT2D eigenvalue weighted by Crippen LogP contribution is -2.28. The van der Waals surface area contributed by atoms with Crippen LogP contribution in [0.15, 0.2) is 24.4 Å². The van der Waals surface area contributed by atoms with Crippen LogP contribution in [-0.4, -0.2) is 53.2 Å². The van der Waals surface area contributed by atoms with E-state index in [1.165, 1.54) is 18.2 Å². The Morgan fingerprint density at radius 2 is 2.21 bits per heavy atom. The van der Waals surface area contributed by atoms with Crippen molar-refractivity contribution in [1.29, 1.82) is 5.26 Å². The van der Waals surface area contributed by atoms with Crippen LogP contribution in [0, 0.1) is 11.3 Å². The Morgan fingerprint density at radius 3 is 2.86 bits per heavy atom. The van der Waals surface area contributed by atoms with E-state index in [1.54, 1.807) is 18.2 Å². The highest BCUT2D eigenvalue weighted by molar-refractivity contribution is 5.95. The molecule has 0 bridgehead atoms. The summed E-state index contributed by atoms with van der Waals surface area (Å²) in [6, 6.07) is 7.40. The summed E-state index contributed by atoms with van der Waals surface area (Å²) in [6.45, 7) is 0.537. The van der Waals surface area contributed by atoms with Gasteiger partial charge in [-0.3, -0.25) is 4.79 Å². The van der Waals surface area contributed by atoms with Crippen molar-refractivity contribution in [2.75, 3.05) is 30.8 Å². The number of rotatable bonds is 6. The van der Waals surface area contributed by atoms with E-state index >= 15 is 0 Å². The zero-order valence-corrected chi connectivity index (χ0v) is 16.0. The number of likely N-dealkylation sites (tertiary alicyclic amines) is 1. The number of alkyl halides is 1. The van der Waals surface area contributed by atoms with Crippen molar-refractivity contribution in [3.63, 3.8) is 0 Å². The minimum absolute atomic E-state index is 0.122. The number of anilines is 3. The molecule has 0 unspecified atom stereocenters. The third kappa shape index (κ3) is 4.21. The zero-order valence-electron chi connectivity index (χ0n) is 16.0. The number of aromatic nitrogens is 2. The summed E-state index contributed by atoms with van der Waals surface area (Å²) >= 11 is 0. The van der Waals surface area contributed by atoms with E-state index in [2.05, 4.69) is 26.7 Å². The van der Waals surface area contributed by atoms with Crippen molar-refractivity contribution < 1.29 is 13.9 Å². The molecule has 1 aliphatic heterocycles. The number of hydrogen-bond donors (Lipinski definition) is 2. The lowest BCUT2D eigenvalue weighted by atomic mass is 10.1. The number of carbonyl (C=O) groups is 1. The molecule has 29 heavy (non-hydrogen) atoms. The van der Waals surface area contributed by atoms with Gasteiger partial charge in [0.25, 0.3) is 5.91 Å². The maximum Gasteiger partial charge on any atom is 0.254 e. The maximum atomic E-state index is 13.4. The molecule has 2 heterocycles. The molecule has 2 N–H and O–H groups in total. The molecule has 1 atom stereocenters. The highest BCUT2D eigenvalue weighted by atomic mass is 19.1. The summed E-state index contributed by atoms with van der Waals surface area (Å²) in [5.74, 6) is 1.02. The summed E-state index contributed by atoms with van der Waals surface area (Å²) in [7, 11) is 1.50. The Bertz CT molecular complexity index is 972. The first-order valence-electron chi connectivity index (χ1n) is 9.49. The quantitative estimate of drug-likeness (QED) is 0.774. The molecule has 4 rings (SSSR count). The van der Waals surface area contributed by atoms with Crippen LogP contribution in [0.5, 0.6) is 5.75 Å². The molecule has 1 saturated heterocycles. The van der Waals surface area contributed by atoms with E-state index in [0.717, 1.165) is 12.8 Å². The number of amides is 1.